The third-order valence-corrected chi connectivity index (χ3v) is 14.9. The molecule has 0 aromatic rings. The van der Waals surface area contributed by atoms with Crippen molar-refractivity contribution < 1.29 is 24.5 Å². The number of esters is 1. The predicted molar refractivity (Wildman–Crippen MR) is 315 cm³/mol. The molecule has 0 saturated carbocycles. The summed E-state index contributed by atoms with van der Waals surface area (Å²) in [6.45, 7) is 4.88. The summed E-state index contributed by atoms with van der Waals surface area (Å²) in [4.78, 5) is 24.5. The first-order chi connectivity index (χ1) is 35.5. The molecule has 3 N–H and O–H groups in total. The van der Waals surface area contributed by atoms with Crippen LogP contribution in [0.5, 0.6) is 0 Å². The molecule has 0 rings (SSSR count). The summed E-state index contributed by atoms with van der Waals surface area (Å²) in [6, 6.07) is -0.627. The molecule has 6 nitrogen and oxygen atoms in total. The van der Waals surface area contributed by atoms with Gasteiger partial charge in [-0.3, -0.25) is 9.59 Å². The maximum absolute atomic E-state index is 12.5. The maximum atomic E-state index is 12.5. The van der Waals surface area contributed by atoms with Crippen LogP contribution < -0.4 is 5.32 Å². The van der Waals surface area contributed by atoms with E-state index in [0.29, 0.717) is 19.4 Å². The molecule has 0 spiro atoms. The number of allylic oxidation sites excluding steroid dienone is 5. The minimum Gasteiger partial charge on any atom is -0.466 e. The summed E-state index contributed by atoms with van der Waals surface area (Å²) in [6.07, 6.45) is 77.7. The largest absolute Gasteiger partial charge is 0.466 e. The first-order valence-electron chi connectivity index (χ1n) is 32.3. The molecule has 0 aliphatic rings. The molecular weight excluding hydrogens is 887 g/mol. The Labute approximate surface area is 449 Å². The average Bonchev–Trinajstić information content (AvgIpc) is 3.38. The van der Waals surface area contributed by atoms with Crippen LogP contribution in [0, 0.1) is 0 Å². The van der Waals surface area contributed by atoms with Crippen LogP contribution in [-0.2, 0) is 14.3 Å². The smallest absolute Gasteiger partial charge is 0.305 e. The molecule has 6 heteroatoms. The molecule has 0 aliphatic carbocycles. The van der Waals surface area contributed by atoms with Gasteiger partial charge in [-0.1, -0.05) is 294 Å². The fourth-order valence-corrected chi connectivity index (χ4v) is 9.91. The normalized spacial score (nSPS) is 12.8. The monoisotopic (exact) mass is 1010 g/mol. The topological polar surface area (TPSA) is 95.9 Å². The molecule has 0 aromatic heterocycles. The van der Waals surface area contributed by atoms with Gasteiger partial charge in [-0.05, 0) is 77.0 Å². The second-order valence-corrected chi connectivity index (χ2v) is 22.1. The fourth-order valence-electron chi connectivity index (χ4n) is 9.91. The summed E-state index contributed by atoms with van der Waals surface area (Å²) in [5.41, 5.74) is 0. The number of aliphatic hydroxyl groups excluding tert-OH is 2. The first-order valence-corrected chi connectivity index (χ1v) is 32.3. The van der Waals surface area contributed by atoms with E-state index in [0.717, 1.165) is 44.9 Å². The van der Waals surface area contributed by atoms with Crippen molar-refractivity contribution in [3.8, 4) is 0 Å². The van der Waals surface area contributed by atoms with Crippen molar-refractivity contribution in [1.82, 2.24) is 5.32 Å². The van der Waals surface area contributed by atoms with E-state index in [1.54, 1.807) is 6.08 Å². The molecule has 0 saturated heterocycles. The van der Waals surface area contributed by atoms with Gasteiger partial charge in [0, 0.05) is 12.8 Å². The van der Waals surface area contributed by atoms with Gasteiger partial charge >= 0.3 is 5.97 Å². The Morgan fingerprint density at radius 2 is 0.667 bits per heavy atom. The Balaban J connectivity index is 3.39. The average molecular weight is 1010 g/mol. The van der Waals surface area contributed by atoms with Gasteiger partial charge in [-0.2, -0.15) is 0 Å². The number of aliphatic hydroxyl groups is 2. The Hall–Kier alpha value is -1.92. The minimum atomic E-state index is -0.843. The summed E-state index contributed by atoms with van der Waals surface area (Å²) in [7, 11) is 0. The van der Waals surface area contributed by atoms with E-state index in [1.807, 2.05) is 6.08 Å². The third-order valence-electron chi connectivity index (χ3n) is 14.9. The van der Waals surface area contributed by atoms with E-state index >= 15 is 0 Å². The Kier molecular flexibility index (Phi) is 60.0. The highest BCUT2D eigenvalue weighted by Crippen LogP contribution is 2.17. The Morgan fingerprint density at radius 1 is 0.375 bits per heavy atom. The van der Waals surface area contributed by atoms with E-state index in [1.165, 1.54) is 276 Å². The second kappa shape index (κ2) is 61.6. The minimum absolute atomic E-state index is 0.00498. The molecule has 0 heterocycles. The lowest BCUT2D eigenvalue weighted by Gasteiger charge is -2.20. The molecular formula is C66H125NO5. The van der Waals surface area contributed by atoms with E-state index in [2.05, 4.69) is 43.5 Å². The number of amides is 1. The van der Waals surface area contributed by atoms with Crippen LogP contribution in [0.1, 0.15) is 348 Å². The van der Waals surface area contributed by atoms with Crippen molar-refractivity contribution in [2.45, 2.75) is 360 Å². The highest BCUT2D eigenvalue weighted by molar-refractivity contribution is 5.76. The Morgan fingerprint density at radius 3 is 1.03 bits per heavy atom. The fraction of sp³-hybridized carbons (Fsp3) is 0.879. The van der Waals surface area contributed by atoms with Crippen molar-refractivity contribution in [2.75, 3.05) is 13.2 Å². The van der Waals surface area contributed by atoms with Crippen LogP contribution in [0.3, 0.4) is 0 Å². The molecule has 424 valence electrons. The number of nitrogens with one attached hydrogen (secondary N) is 1. The standard InChI is InChI=1S/C66H125NO5/c1-3-5-7-9-11-13-15-16-32-35-39-42-46-50-54-58-64(69)63(62-68)67-65(70)59-55-51-47-43-40-36-33-30-28-26-24-22-20-18-17-19-21-23-25-27-29-31-34-37-41-45-49-53-57-61-72-66(71)60-56-52-48-44-38-14-12-10-8-6-4-2/h10,12,17,19,54,58,63-64,68-69H,3-9,11,13-16,18,20-53,55-57,59-62H2,1-2H3,(H,67,70)/b12-10-,19-17-,58-54+. The van der Waals surface area contributed by atoms with Crippen molar-refractivity contribution >= 4 is 11.9 Å². The number of hydrogen-bond donors (Lipinski definition) is 3. The van der Waals surface area contributed by atoms with Crippen molar-refractivity contribution in [3.63, 3.8) is 0 Å². The predicted octanol–water partition coefficient (Wildman–Crippen LogP) is 20.4. The number of hydrogen-bond acceptors (Lipinski definition) is 5. The highest BCUT2D eigenvalue weighted by Gasteiger charge is 2.18. The summed E-state index contributed by atoms with van der Waals surface area (Å²) in [5.74, 6) is -0.0607. The van der Waals surface area contributed by atoms with Crippen LogP contribution in [0.25, 0.3) is 0 Å². The quantitative estimate of drug-likeness (QED) is 0.0320. The lowest BCUT2D eigenvalue weighted by molar-refractivity contribution is -0.143. The van der Waals surface area contributed by atoms with Gasteiger partial charge in [0.25, 0.3) is 0 Å². The Bertz CT molecular complexity index is 1170. The summed E-state index contributed by atoms with van der Waals surface area (Å²) >= 11 is 0. The van der Waals surface area contributed by atoms with Gasteiger partial charge in [0.1, 0.15) is 0 Å². The van der Waals surface area contributed by atoms with Gasteiger partial charge in [-0.25, -0.2) is 0 Å². The van der Waals surface area contributed by atoms with E-state index in [4.69, 9.17) is 4.74 Å². The van der Waals surface area contributed by atoms with E-state index in [9.17, 15) is 19.8 Å². The van der Waals surface area contributed by atoms with Crippen molar-refractivity contribution in [2.24, 2.45) is 0 Å². The lowest BCUT2D eigenvalue weighted by Crippen LogP contribution is -2.45. The molecule has 72 heavy (non-hydrogen) atoms. The molecule has 2 atom stereocenters. The number of rotatable bonds is 60. The highest BCUT2D eigenvalue weighted by atomic mass is 16.5. The van der Waals surface area contributed by atoms with Crippen molar-refractivity contribution in [1.29, 1.82) is 0 Å². The van der Waals surface area contributed by atoms with Gasteiger partial charge in [-0.15, -0.1) is 0 Å². The third kappa shape index (κ3) is 57.4. The maximum Gasteiger partial charge on any atom is 0.305 e. The molecule has 0 radical (unpaired) electrons. The molecule has 0 fully saturated rings. The number of unbranched alkanes of at least 4 members (excludes halogenated alkanes) is 45. The first kappa shape index (κ1) is 70.1. The molecule has 1 amide bonds. The number of carbonyl (C=O) groups excluding carboxylic acids is 2. The SMILES string of the molecule is CCCC/C=C\CCCCCCCC(=O)OCCCCCCCCCCCCCC/C=C\CCCCCCCCCCCCCCCC(=O)NC(CO)C(O)/C=C/CCCCCCCCCCCCCCC. The molecule has 0 aromatic carbocycles. The van der Waals surface area contributed by atoms with Crippen molar-refractivity contribution in [3.05, 3.63) is 36.5 Å². The summed E-state index contributed by atoms with van der Waals surface area (Å²) in [5, 5.41) is 23.1. The summed E-state index contributed by atoms with van der Waals surface area (Å²) < 4.78 is 5.46. The molecule has 0 aliphatic heterocycles. The van der Waals surface area contributed by atoms with Crippen LogP contribution in [0.15, 0.2) is 36.5 Å². The van der Waals surface area contributed by atoms with Crippen LogP contribution in [0.4, 0.5) is 0 Å². The van der Waals surface area contributed by atoms with Gasteiger partial charge in [0.2, 0.25) is 5.91 Å². The van der Waals surface area contributed by atoms with E-state index in [-0.39, 0.29) is 18.5 Å². The molecule has 2 unspecified atom stereocenters. The zero-order valence-corrected chi connectivity index (χ0v) is 48.4. The van der Waals surface area contributed by atoms with Gasteiger partial charge in [0.15, 0.2) is 0 Å². The molecule has 0 bridgehead atoms. The van der Waals surface area contributed by atoms with Gasteiger partial charge in [0.05, 0.1) is 25.4 Å². The number of carbonyl (C=O) groups is 2. The zero-order valence-electron chi connectivity index (χ0n) is 48.4. The van der Waals surface area contributed by atoms with Crippen LogP contribution >= 0.6 is 0 Å². The van der Waals surface area contributed by atoms with Gasteiger partial charge < -0.3 is 20.3 Å². The van der Waals surface area contributed by atoms with Crippen LogP contribution in [-0.4, -0.2) is 47.4 Å². The zero-order chi connectivity index (χ0) is 52.2. The van der Waals surface area contributed by atoms with Crippen LogP contribution in [0.2, 0.25) is 0 Å². The number of ether oxygens (including phenoxy) is 1. The lowest BCUT2D eigenvalue weighted by atomic mass is 10.0. The van der Waals surface area contributed by atoms with E-state index < -0.39 is 12.1 Å². The second-order valence-electron chi connectivity index (χ2n) is 22.1.